The molecule has 0 spiro atoms. The van der Waals surface area contributed by atoms with Crippen molar-refractivity contribution in [2.75, 3.05) is 31.1 Å². The summed E-state index contributed by atoms with van der Waals surface area (Å²) in [6.07, 6.45) is 7.10. The molecule has 2 aromatic rings. The Labute approximate surface area is 284 Å². The zero-order chi connectivity index (χ0) is 33.3. The second-order valence-electron chi connectivity index (χ2n) is 14.3. The van der Waals surface area contributed by atoms with E-state index in [-0.39, 0.29) is 35.6 Å². The number of nitrogens with one attached hydrogen (secondary N) is 1. The third-order valence-electron chi connectivity index (χ3n) is 11.3. The number of nitrogens with zero attached hydrogens (tertiary/aromatic N) is 2. The van der Waals surface area contributed by atoms with Gasteiger partial charge in [-0.25, -0.2) is 13.1 Å². The summed E-state index contributed by atoms with van der Waals surface area (Å²) in [6, 6.07) is 11.0. The molecule has 1 saturated carbocycles. The Balaban J connectivity index is 1.37. The molecule has 2 bridgehead atoms. The van der Waals surface area contributed by atoms with Gasteiger partial charge in [0.15, 0.2) is 0 Å². The van der Waals surface area contributed by atoms with E-state index in [4.69, 9.17) is 16.3 Å². The Morgan fingerprint density at radius 1 is 1.02 bits per heavy atom. The molecule has 2 amide bonds. The summed E-state index contributed by atoms with van der Waals surface area (Å²) >= 11 is 6.34. The second kappa shape index (κ2) is 14.0. The van der Waals surface area contributed by atoms with Gasteiger partial charge < -0.3 is 19.6 Å². The van der Waals surface area contributed by atoms with Crippen LogP contribution in [-0.4, -0.2) is 67.3 Å². The van der Waals surface area contributed by atoms with Crippen molar-refractivity contribution >= 4 is 39.1 Å². The average Bonchev–Trinajstić information content (AvgIpc) is 3.00. The van der Waals surface area contributed by atoms with Crippen LogP contribution in [0.25, 0.3) is 0 Å². The molecule has 256 valence electrons. The van der Waals surface area contributed by atoms with Crippen LogP contribution in [0.2, 0.25) is 5.02 Å². The van der Waals surface area contributed by atoms with Crippen molar-refractivity contribution in [3.8, 4) is 5.75 Å². The number of benzene rings is 2. The predicted octanol–water partition coefficient (Wildman–Crippen LogP) is 5.71. The fourth-order valence-corrected chi connectivity index (χ4v) is 9.26. The fourth-order valence-electron chi connectivity index (χ4n) is 7.75. The van der Waals surface area contributed by atoms with Crippen molar-refractivity contribution in [2.24, 2.45) is 17.8 Å². The molecule has 2 fully saturated rings. The molecular weight excluding hydrogens is 638 g/mol. The van der Waals surface area contributed by atoms with Crippen molar-refractivity contribution in [1.29, 1.82) is 0 Å². The minimum atomic E-state index is -3.98. The van der Waals surface area contributed by atoms with Gasteiger partial charge in [-0.05, 0) is 118 Å². The number of aryl methyl sites for hydroxylation is 1. The maximum Gasteiger partial charge on any atom is 0.264 e. The summed E-state index contributed by atoms with van der Waals surface area (Å²) in [5.74, 6) is -0.209. The van der Waals surface area contributed by atoms with Gasteiger partial charge in [0.2, 0.25) is 15.9 Å². The van der Waals surface area contributed by atoms with Crippen molar-refractivity contribution in [3.63, 3.8) is 0 Å². The number of sulfonamides is 1. The van der Waals surface area contributed by atoms with Gasteiger partial charge >= 0.3 is 0 Å². The van der Waals surface area contributed by atoms with Gasteiger partial charge in [0.25, 0.3) is 5.91 Å². The Morgan fingerprint density at radius 3 is 2.55 bits per heavy atom. The number of fused-ring (bicyclic) bond motifs is 3. The van der Waals surface area contributed by atoms with Crippen LogP contribution in [0.1, 0.15) is 93.1 Å². The van der Waals surface area contributed by atoms with Gasteiger partial charge in [-0.15, -0.1) is 0 Å². The molecular formula is C36H48ClN3O6S. The zero-order valence-corrected chi connectivity index (χ0v) is 29.1. The van der Waals surface area contributed by atoms with E-state index in [0.29, 0.717) is 49.7 Å². The molecule has 47 heavy (non-hydrogen) atoms. The van der Waals surface area contributed by atoms with E-state index in [1.807, 2.05) is 30.0 Å². The first-order chi connectivity index (χ1) is 22.4. The molecule has 1 aliphatic carbocycles. The number of likely N-dealkylation sites (tertiary alicyclic amines) is 1. The van der Waals surface area contributed by atoms with Crippen LogP contribution in [0.5, 0.6) is 5.75 Å². The van der Waals surface area contributed by atoms with E-state index >= 15 is 0 Å². The minimum absolute atomic E-state index is 0.00353. The Bertz CT molecular complexity index is 1600. The summed E-state index contributed by atoms with van der Waals surface area (Å²) in [5, 5.41) is 12.2. The summed E-state index contributed by atoms with van der Waals surface area (Å²) in [7, 11) is -3.98. The molecule has 3 heterocycles. The van der Waals surface area contributed by atoms with E-state index in [1.165, 1.54) is 0 Å². The monoisotopic (exact) mass is 685 g/mol. The molecule has 0 unspecified atom stereocenters. The number of anilines is 1. The molecule has 11 heteroatoms. The Kier molecular flexibility index (Phi) is 10.1. The van der Waals surface area contributed by atoms with Crippen LogP contribution in [0.3, 0.4) is 0 Å². The van der Waals surface area contributed by atoms with Crippen LogP contribution < -0.4 is 14.4 Å². The lowest BCUT2D eigenvalue weighted by molar-refractivity contribution is -0.149. The fraction of sp³-hybridized carbons (Fsp3) is 0.611. The molecule has 2 aromatic carbocycles. The molecule has 4 aliphatic rings. The van der Waals surface area contributed by atoms with Gasteiger partial charge in [-0.1, -0.05) is 31.0 Å². The first-order valence-corrected chi connectivity index (χ1v) is 19.2. The largest absolute Gasteiger partial charge is 0.487 e. The highest BCUT2D eigenvalue weighted by atomic mass is 35.5. The van der Waals surface area contributed by atoms with Crippen molar-refractivity contribution in [1.82, 2.24) is 9.62 Å². The van der Waals surface area contributed by atoms with E-state index in [0.717, 1.165) is 68.4 Å². The van der Waals surface area contributed by atoms with E-state index in [1.54, 1.807) is 25.1 Å². The van der Waals surface area contributed by atoms with Crippen molar-refractivity contribution < 1.29 is 27.9 Å². The normalized spacial score (nSPS) is 29.8. The second-order valence-corrected chi connectivity index (χ2v) is 16.8. The number of carbonyl (C=O) groups excluding carboxylic acids is 2. The van der Waals surface area contributed by atoms with E-state index < -0.39 is 26.8 Å². The van der Waals surface area contributed by atoms with Gasteiger partial charge in [0.05, 0.1) is 23.0 Å². The number of hydrogen-bond donors (Lipinski definition) is 2. The molecule has 0 aromatic heterocycles. The predicted molar refractivity (Wildman–Crippen MR) is 183 cm³/mol. The smallest absolute Gasteiger partial charge is 0.264 e. The van der Waals surface area contributed by atoms with Crippen molar-refractivity contribution in [2.45, 2.75) is 95.5 Å². The van der Waals surface area contributed by atoms with Crippen LogP contribution in [0.15, 0.2) is 36.4 Å². The number of amides is 2. The number of ether oxygens (including phenoxy) is 1. The summed E-state index contributed by atoms with van der Waals surface area (Å²) < 4.78 is 35.5. The number of carbonyl (C=O) groups is 2. The lowest BCUT2D eigenvalue weighted by atomic mass is 9.62. The number of rotatable bonds is 2. The maximum absolute atomic E-state index is 13.5. The zero-order valence-electron chi connectivity index (χ0n) is 27.5. The third kappa shape index (κ3) is 7.44. The third-order valence-corrected chi connectivity index (χ3v) is 13.4. The summed E-state index contributed by atoms with van der Waals surface area (Å²) in [6.45, 7) is 6.63. The lowest BCUT2D eigenvalue weighted by Crippen LogP contribution is -2.54. The van der Waals surface area contributed by atoms with Gasteiger partial charge in [-0.3, -0.25) is 9.59 Å². The number of halogens is 1. The quantitative estimate of drug-likeness (QED) is 0.416. The molecule has 3 aliphatic heterocycles. The van der Waals surface area contributed by atoms with Crippen LogP contribution in [0.4, 0.5) is 5.69 Å². The maximum atomic E-state index is 13.5. The number of hydrogen-bond acceptors (Lipinski definition) is 7. The first kappa shape index (κ1) is 34.1. The van der Waals surface area contributed by atoms with Crippen LogP contribution in [-0.2, 0) is 27.8 Å². The van der Waals surface area contributed by atoms with Gasteiger partial charge in [0, 0.05) is 36.8 Å². The highest BCUT2D eigenvalue weighted by Crippen LogP contribution is 2.48. The first-order valence-electron chi connectivity index (χ1n) is 17.3. The molecule has 9 nitrogen and oxygen atoms in total. The van der Waals surface area contributed by atoms with Gasteiger partial charge in [-0.2, -0.15) is 0 Å². The number of aliphatic hydroxyl groups is 1. The molecule has 2 N–H and O–H groups in total. The summed E-state index contributed by atoms with van der Waals surface area (Å²) in [4.78, 5) is 30.8. The van der Waals surface area contributed by atoms with E-state index in [2.05, 4.69) is 9.62 Å². The minimum Gasteiger partial charge on any atom is -0.487 e. The Hall–Kier alpha value is -2.82. The highest BCUT2D eigenvalue weighted by molar-refractivity contribution is 7.90. The topological polar surface area (TPSA) is 116 Å². The molecule has 6 rings (SSSR count). The lowest BCUT2D eigenvalue weighted by Gasteiger charge is -2.50. The Morgan fingerprint density at radius 2 is 1.83 bits per heavy atom. The molecule has 1 saturated heterocycles. The average molecular weight is 686 g/mol. The highest BCUT2D eigenvalue weighted by Gasteiger charge is 2.48. The molecule has 0 radical (unpaired) electrons. The summed E-state index contributed by atoms with van der Waals surface area (Å²) in [5.41, 5.74) is 2.01. The SMILES string of the molecule is C[C@@H]1[C@@H](C)CCC[C@@](O)(CC(=O)N2CCC2)[C@@H]2CC[C@H]2CN2CCCCc3cc(Cl)ccc3COc3ccc(cc32)C(=O)NS1(=O)=O. The molecule has 5 atom stereocenters. The van der Waals surface area contributed by atoms with Crippen LogP contribution in [0, 0.1) is 17.8 Å². The standard InChI is InChI=1S/C36H48ClN3O6S/c1-24-7-5-15-36(43,21-34(41)39-17-6-18-39)31-13-10-28(31)22-40-16-4-3-8-26-19-30(37)12-9-29(26)23-46-33-14-11-27(20-32(33)40)35(42)38-47(44,45)25(24)2/h9,11-12,14,19-20,24-25,28,31,43H,3-8,10,13,15-18,21-23H2,1-2H3,(H,38,42)/t24-,25+,28-,31+,36+/m0/s1. The van der Waals surface area contributed by atoms with Gasteiger partial charge in [0.1, 0.15) is 12.4 Å². The van der Waals surface area contributed by atoms with Crippen molar-refractivity contribution in [3.05, 3.63) is 58.1 Å². The van der Waals surface area contributed by atoms with Crippen LogP contribution >= 0.6 is 11.6 Å². The van der Waals surface area contributed by atoms with E-state index in [9.17, 15) is 23.1 Å².